The molecule has 0 saturated heterocycles. The van der Waals surface area contributed by atoms with Gasteiger partial charge in [-0.05, 0) is 78.5 Å². The van der Waals surface area contributed by atoms with Crippen LogP contribution in [-0.2, 0) is 19.1 Å². The van der Waals surface area contributed by atoms with Gasteiger partial charge in [-0.25, -0.2) is 4.79 Å². The van der Waals surface area contributed by atoms with Crippen molar-refractivity contribution in [2.75, 3.05) is 6.54 Å². The van der Waals surface area contributed by atoms with Crippen LogP contribution in [0.5, 0.6) is 0 Å². The van der Waals surface area contributed by atoms with Gasteiger partial charge >= 0.3 is 6.09 Å². The average molecular weight is 503 g/mol. The second kappa shape index (κ2) is 12.6. The van der Waals surface area contributed by atoms with Crippen LogP contribution in [0.3, 0.4) is 0 Å². The normalized spacial score (nSPS) is 13.2. The molecule has 0 aromatic heterocycles. The van der Waals surface area contributed by atoms with Crippen molar-refractivity contribution in [1.82, 2.24) is 15.5 Å². The number of ether oxygens (including phenoxy) is 1. The first kappa shape index (κ1) is 30.7. The van der Waals surface area contributed by atoms with Gasteiger partial charge in [0.25, 0.3) is 0 Å². The van der Waals surface area contributed by atoms with Gasteiger partial charge < -0.3 is 26.0 Å². The summed E-state index contributed by atoms with van der Waals surface area (Å²) in [6.07, 6.45) is 0.499. The van der Waals surface area contributed by atoms with E-state index < -0.39 is 41.1 Å². The summed E-state index contributed by atoms with van der Waals surface area (Å²) in [6, 6.07) is 3.40. The van der Waals surface area contributed by atoms with E-state index in [1.165, 1.54) is 11.0 Å². The number of rotatable bonds is 10. The molecular weight excluding hydrogens is 460 g/mol. The summed E-state index contributed by atoms with van der Waals surface area (Å²) < 4.78 is 5.32. The molecule has 36 heavy (non-hydrogen) atoms. The zero-order chi connectivity index (χ0) is 27.8. The smallest absolute Gasteiger partial charge is 0.408 e. The van der Waals surface area contributed by atoms with Crippen LogP contribution in [0.25, 0.3) is 0 Å². The average Bonchev–Trinajstić information content (AvgIpc) is 2.70. The van der Waals surface area contributed by atoms with E-state index in [1.807, 2.05) is 46.8 Å². The minimum Gasteiger partial charge on any atom is -0.444 e. The van der Waals surface area contributed by atoms with E-state index in [0.29, 0.717) is 5.56 Å². The molecule has 9 nitrogen and oxygen atoms in total. The number of carbonyl (C=O) groups excluding carboxylic acids is 4. The molecule has 0 saturated carbocycles. The summed E-state index contributed by atoms with van der Waals surface area (Å²) in [7, 11) is 0. The van der Waals surface area contributed by atoms with E-state index in [4.69, 9.17) is 10.5 Å². The summed E-state index contributed by atoms with van der Waals surface area (Å²) in [5, 5.41) is 5.51. The van der Waals surface area contributed by atoms with Crippen LogP contribution in [0.1, 0.15) is 77.1 Å². The Morgan fingerprint density at radius 2 is 1.69 bits per heavy atom. The molecule has 0 spiro atoms. The zero-order valence-electron chi connectivity index (χ0n) is 22.9. The Hall–Kier alpha value is -3.36. The van der Waals surface area contributed by atoms with Gasteiger partial charge in [0.1, 0.15) is 17.7 Å². The van der Waals surface area contributed by atoms with Gasteiger partial charge in [-0.1, -0.05) is 24.3 Å². The third kappa shape index (κ3) is 10.1. The predicted molar refractivity (Wildman–Crippen MR) is 140 cm³/mol. The number of benzene rings is 1. The first-order valence-electron chi connectivity index (χ1n) is 12.0. The highest BCUT2D eigenvalue weighted by atomic mass is 16.6. The molecule has 0 aliphatic rings. The van der Waals surface area contributed by atoms with Gasteiger partial charge in [0.15, 0.2) is 0 Å². The van der Waals surface area contributed by atoms with Crippen LogP contribution >= 0.6 is 0 Å². The first-order chi connectivity index (χ1) is 16.4. The fourth-order valence-electron chi connectivity index (χ4n) is 3.50. The van der Waals surface area contributed by atoms with Gasteiger partial charge in [0.2, 0.25) is 17.7 Å². The third-order valence-electron chi connectivity index (χ3n) is 5.18. The quantitative estimate of drug-likeness (QED) is 0.422. The van der Waals surface area contributed by atoms with Crippen LogP contribution in [-0.4, -0.2) is 52.4 Å². The summed E-state index contributed by atoms with van der Waals surface area (Å²) in [4.78, 5) is 52.8. The van der Waals surface area contributed by atoms with Crippen molar-refractivity contribution in [3.63, 3.8) is 0 Å². The molecule has 0 aliphatic heterocycles. The van der Waals surface area contributed by atoms with Gasteiger partial charge in [-0.2, -0.15) is 0 Å². The molecule has 0 radical (unpaired) electrons. The molecule has 2 atom stereocenters. The van der Waals surface area contributed by atoms with E-state index in [-0.39, 0.29) is 25.3 Å². The number of carbonyl (C=O) groups is 4. The molecule has 4 amide bonds. The molecule has 0 bridgehead atoms. The van der Waals surface area contributed by atoms with Crippen molar-refractivity contribution >= 4 is 23.8 Å². The van der Waals surface area contributed by atoms with Crippen molar-refractivity contribution in [3.8, 4) is 0 Å². The fourth-order valence-corrected chi connectivity index (χ4v) is 3.50. The largest absolute Gasteiger partial charge is 0.444 e. The number of nitrogens with zero attached hydrogens (tertiary/aromatic N) is 1. The summed E-state index contributed by atoms with van der Waals surface area (Å²) in [5.74, 6) is -1.56. The zero-order valence-corrected chi connectivity index (χ0v) is 22.9. The number of amides is 4. The van der Waals surface area contributed by atoms with E-state index in [9.17, 15) is 19.2 Å². The number of nitrogens with two attached hydrogens (primary N) is 1. The van der Waals surface area contributed by atoms with Gasteiger partial charge in [-0.3, -0.25) is 14.4 Å². The molecule has 2 unspecified atom stereocenters. The van der Waals surface area contributed by atoms with E-state index in [0.717, 1.165) is 11.1 Å². The predicted octanol–water partition coefficient (Wildman–Crippen LogP) is 3.43. The van der Waals surface area contributed by atoms with E-state index >= 15 is 0 Å². The van der Waals surface area contributed by atoms with E-state index in [1.54, 1.807) is 26.8 Å². The van der Waals surface area contributed by atoms with Gasteiger partial charge in [0, 0.05) is 18.5 Å². The lowest BCUT2D eigenvalue weighted by molar-refractivity contribution is -0.142. The van der Waals surface area contributed by atoms with E-state index in [2.05, 4.69) is 17.2 Å². The van der Waals surface area contributed by atoms with Crippen LogP contribution in [0.15, 0.2) is 30.9 Å². The second-order valence-corrected chi connectivity index (χ2v) is 11.0. The number of hydrogen-bond acceptors (Lipinski definition) is 5. The molecule has 1 aromatic rings. The summed E-state index contributed by atoms with van der Waals surface area (Å²) in [5.41, 5.74) is 6.58. The highest BCUT2D eigenvalue weighted by molar-refractivity contribution is 5.92. The van der Waals surface area contributed by atoms with Crippen molar-refractivity contribution in [2.24, 2.45) is 5.73 Å². The third-order valence-corrected chi connectivity index (χ3v) is 5.18. The number of hydrogen-bond donors (Lipinski definition) is 3. The molecule has 200 valence electrons. The highest BCUT2D eigenvalue weighted by Crippen LogP contribution is 2.26. The van der Waals surface area contributed by atoms with Gasteiger partial charge in [0.05, 0.1) is 0 Å². The maximum Gasteiger partial charge on any atom is 0.408 e. The van der Waals surface area contributed by atoms with Crippen molar-refractivity contribution in [3.05, 3.63) is 47.5 Å². The summed E-state index contributed by atoms with van der Waals surface area (Å²) in [6.45, 7) is 18.3. The minimum absolute atomic E-state index is 0.0249. The molecule has 0 aliphatic carbocycles. The number of primary amides is 1. The van der Waals surface area contributed by atoms with Crippen molar-refractivity contribution in [1.29, 1.82) is 0 Å². The monoisotopic (exact) mass is 502 g/mol. The number of nitrogens with one attached hydrogen (secondary N) is 2. The topological polar surface area (TPSA) is 131 Å². The molecule has 1 aromatic carbocycles. The molecular formula is C27H42N4O5. The molecule has 9 heteroatoms. The standard InChI is InChI=1S/C27H42N4O5/c1-10-15-31(24(34)20(13-14-21(28)32)29-25(35)36-27(7,8)9)22(23(33)30-26(4,5)6)19-12-11-17(2)18(3)16-19/h10-12,16,20,22H,1,13-15H2,2-9H3,(H2,28,32)(H,29,35)(H,30,33). The maximum absolute atomic E-state index is 13.9. The first-order valence-corrected chi connectivity index (χ1v) is 12.0. The molecule has 4 N–H and O–H groups in total. The fraction of sp³-hybridized carbons (Fsp3) is 0.556. The maximum atomic E-state index is 13.9. The number of alkyl carbamates (subject to hydrolysis) is 1. The molecule has 0 heterocycles. The Morgan fingerprint density at radius 1 is 1.08 bits per heavy atom. The lowest BCUT2D eigenvalue weighted by atomic mass is 9.97. The lowest BCUT2D eigenvalue weighted by Gasteiger charge is -2.35. The highest BCUT2D eigenvalue weighted by Gasteiger charge is 2.37. The SMILES string of the molecule is C=CCN(C(=O)C(CCC(N)=O)NC(=O)OC(C)(C)C)C(C(=O)NC(C)(C)C)c1ccc(C)c(C)c1. The van der Waals surface area contributed by atoms with Crippen molar-refractivity contribution in [2.45, 2.75) is 91.5 Å². The minimum atomic E-state index is -1.15. The summed E-state index contributed by atoms with van der Waals surface area (Å²) >= 11 is 0. The second-order valence-electron chi connectivity index (χ2n) is 11.0. The lowest BCUT2D eigenvalue weighted by Crippen LogP contribution is -2.54. The van der Waals surface area contributed by atoms with Crippen molar-refractivity contribution < 1.29 is 23.9 Å². The Morgan fingerprint density at radius 3 is 2.17 bits per heavy atom. The van der Waals surface area contributed by atoms with Crippen LogP contribution in [0, 0.1) is 13.8 Å². The Labute approximate surface area is 214 Å². The van der Waals surface area contributed by atoms with Crippen LogP contribution in [0.2, 0.25) is 0 Å². The molecule has 0 fully saturated rings. The van der Waals surface area contributed by atoms with Crippen LogP contribution < -0.4 is 16.4 Å². The molecule has 1 rings (SSSR count). The Bertz CT molecular complexity index is 975. The number of aryl methyl sites for hydroxylation is 2. The van der Waals surface area contributed by atoms with Crippen LogP contribution in [0.4, 0.5) is 4.79 Å². The Balaban J connectivity index is 3.53. The Kier molecular flexibility index (Phi) is 10.7. The van der Waals surface area contributed by atoms with Gasteiger partial charge in [-0.15, -0.1) is 6.58 Å².